The number of rotatable bonds is 5. The number of carbonyl (C=O) groups excluding carboxylic acids is 1. The van der Waals surface area contributed by atoms with Crippen molar-refractivity contribution in [2.75, 3.05) is 11.9 Å². The van der Waals surface area contributed by atoms with Crippen LogP contribution in [-0.2, 0) is 9.53 Å². The van der Waals surface area contributed by atoms with Gasteiger partial charge in [-0.1, -0.05) is 0 Å². The van der Waals surface area contributed by atoms with Gasteiger partial charge in [0.1, 0.15) is 4.88 Å². The zero-order valence-electron chi connectivity index (χ0n) is 12.7. The summed E-state index contributed by atoms with van der Waals surface area (Å²) >= 11 is 1.23. The van der Waals surface area contributed by atoms with Gasteiger partial charge in [-0.2, -0.15) is 0 Å². The topological polar surface area (TPSA) is 75.6 Å². The van der Waals surface area contributed by atoms with Crippen LogP contribution in [0.1, 0.15) is 41.8 Å². The minimum absolute atomic E-state index is 0.0350. The third-order valence-corrected chi connectivity index (χ3v) is 5.08. The third-order valence-electron chi connectivity index (χ3n) is 3.98. The second-order valence-corrected chi connectivity index (χ2v) is 6.83. The maximum atomic E-state index is 12.0. The molecule has 2 N–H and O–H groups in total. The zero-order valence-corrected chi connectivity index (χ0v) is 13.5. The van der Waals surface area contributed by atoms with Gasteiger partial charge in [0.15, 0.2) is 0 Å². The van der Waals surface area contributed by atoms with E-state index in [1.165, 1.54) is 17.8 Å². The van der Waals surface area contributed by atoms with Crippen molar-refractivity contribution in [1.82, 2.24) is 0 Å². The van der Waals surface area contributed by atoms with E-state index in [2.05, 4.69) is 5.32 Å². The molecule has 0 radical (unpaired) electrons. The third kappa shape index (κ3) is 4.09. The summed E-state index contributed by atoms with van der Waals surface area (Å²) in [5, 5.41) is 12.7. The number of carboxylic acids is 1. The molecule has 2 heterocycles. The highest BCUT2D eigenvalue weighted by molar-refractivity contribution is 7.20. The molecule has 1 aliphatic rings. The lowest BCUT2D eigenvalue weighted by atomic mass is 10.0. The predicted molar refractivity (Wildman–Crippen MR) is 90.2 cm³/mol. The number of hydrogen-bond donors (Lipinski definition) is 2. The average molecular weight is 333 g/mol. The number of aromatic carboxylic acids is 1. The van der Waals surface area contributed by atoms with Crippen LogP contribution >= 0.6 is 11.3 Å². The van der Waals surface area contributed by atoms with Gasteiger partial charge < -0.3 is 15.2 Å². The van der Waals surface area contributed by atoms with E-state index in [0.717, 1.165) is 36.0 Å². The standard InChI is InChI=1S/C17H19NO4S/c19-16(7-5-13-3-1-2-8-22-13)18-12-4-6-14-11(9-12)10-15(23-14)17(20)21/h4,6,9-10,13H,1-3,5,7-8H2,(H,18,19)(H,20,21). The van der Waals surface area contributed by atoms with Gasteiger partial charge in [-0.15, -0.1) is 11.3 Å². The van der Waals surface area contributed by atoms with Crippen LogP contribution in [-0.4, -0.2) is 29.7 Å². The van der Waals surface area contributed by atoms with E-state index in [1.54, 1.807) is 12.1 Å². The summed E-state index contributed by atoms with van der Waals surface area (Å²) in [4.78, 5) is 23.3. The van der Waals surface area contributed by atoms with Crippen LogP contribution in [0.3, 0.4) is 0 Å². The zero-order chi connectivity index (χ0) is 16.2. The van der Waals surface area contributed by atoms with Crippen molar-refractivity contribution in [1.29, 1.82) is 0 Å². The lowest BCUT2D eigenvalue weighted by Crippen LogP contribution is -2.21. The Labute approximate surface area is 138 Å². The first-order chi connectivity index (χ1) is 11.1. The number of thiophene rings is 1. The number of hydrogen-bond acceptors (Lipinski definition) is 4. The molecule has 1 saturated heterocycles. The van der Waals surface area contributed by atoms with Crippen molar-refractivity contribution < 1.29 is 19.4 Å². The molecule has 0 bridgehead atoms. The number of carbonyl (C=O) groups is 2. The van der Waals surface area contributed by atoms with Crippen molar-refractivity contribution in [3.63, 3.8) is 0 Å². The number of fused-ring (bicyclic) bond motifs is 1. The summed E-state index contributed by atoms with van der Waals surface area (Å²) < 4.78 is 6.53. The van der Waals surface area contributed by atoms with Crippen molar-refractivity contribution in [2.24, 2.45) is 0 Å². The second kappa shape index (κ2) is 7.10. The minimum Gasteiger partial charge on any atom is -0.477 e. The summed E-state index contributed by atoms with van der Waals surface area (Å²) in [6, 6.07) is 7.09. The molecule has 6 heteroatoms. The molecule has 0 saturated carbocycles. The quantitative estimate of drug-likeness (QED) is 0.870. The second-order valence-electron chi connectivity index (χ2n) is 5.74. The van der Waals surface area contributed by atoms with Crippen molar-refractivity contribution >= 4 is 39.0 Å². The van der Waals surface area contributed by atoms with E-state index < -0.39 is 5.97 Å². The van der Waals surface area contributed by atoms with Gasteiger partial charge >= 0.3 is 5.97 Å². The van der Waals surface area contributed by atoms with Gasteiger partial charge in [0.25, 0.3) is 0 Å². The molecule has 122 valence electrons. The molecule has 1 aromatic heterocycles. The van der Waals surface area contributed by atoms with E-state index in [-0.39, 0.29) is 12.0 Å². The molecule has 3 rings (SSSR count). The van der Waals surface area contributed by atoms with Crippen molar-refractivity contribution in [2.45, 2.75) is 38.2 Å². The average Bonchev–Trinajstić information content (AvgIpc) is 2.97. The Morgan fingerprint density at radius 1 is 1.30 bits per heavy atom. The Morgan fingerprint density at radius 3 is 2.91 bits per heavy atom. The molecule has 1 aromatic carbocycles. The largest absolute Gasteiger partial charge is 0.477 e. The normalized spacial score (nSPS) is 18.0. The molecule has 1 amide bonds. The highest BCUT2D eigenvalue weighted by atomic mass is 32.1. The summed E-state index contributed by atoms with van der Waals surface area (Å²) in [7, 11) is 0. The molecule has 0 spiro atoms. The van der Waals surface area contributed by atoms with Crippen LogP contribution in [0.25, 0.3) is 10.1 Å². The van der Waals surface area contributed by atoms with Gasteiger partial charge in [-0.25, -0.2) is 4.79 Å². The molecular weight excluding hydrogens is 314 g/mol. The Morgan fingerprint density at radius 2 is 2.17 bits per heavy atom. The van der Waals surface area contributed by atoms with Crippen LogP contribution < -0.4 is 5.32 Å². The lowest BCUT2D eigenvalue weighted by Gasteiger charge is -2.22. The molecule has 2 aromatic rings. The van der Waals surface area contributed by atoms with Gasteiger partial charge in [-0.3, -0.25) is 4.79 Å². The molecule has 1 aliphatic heterocycles. The number of amides is 1. The number of carboxylic acid groups (broad SMARTS) is 1. The Kier molecular flexibility index (Phi) is 4.93. The molecule has 1 atom stereocenters. The van der Waals surface area contributed by atoms with Crippen molar-refractivity contribution in [3.8, 4) is 0 Å². The molecule has 1 fully saturated rings. The van der Waals surface area contributed by atoms with E-state index in [1.807, 2.05) is 12.1 Å². The summed E-state index contributed by atoms with van der Waals surface area (Å²) in [5.74, 6) is -0.962. The fourth-order valence-corrected chi connectivity index (χ4v) is 3.66. The number of anilines is 1. The first-order valence-corrected chi connectivity index (χ1v) is 8.62. The van der Waals surface area contributed by atoms with Gasteiger partial charge in [0.05, 0.1) is 6.10 Å². The summed E-state index contributed by atoms with van der Waals surface area (Å²) in [6.07, 6.45) is 4.70. The molecule has 23 heavy (non-hydrogen) atoms. The highest BCUT2D eigenvalue weighted by Crippen LogP contribution is 2.28. The highest BCUT2D eigenvalue weighted by Gasteiger charge is 2.15. The Bertz CT molecular complexity index is 718. The van der Waals surface area contributed by atoms with Gasteiger partial charge in [0.2, 0.25) is 5.91 Å². The van der Waals surface area contributed by atoms with E-state index in [9.17, 15) is 9.59 Å². The summed E-state index contributed by atoms with van der Waals surface area (Å²) in [6.45, 7) is 0.799. The van der Waals surface area contributed by atoms with Crippen LogP contribution in [0.15, 0.2) is 24.3 Å². The summed E-state index contributed by atoms with van der Waals surface area (Å²) in [5.41, 5.74) is 0.696. The minimum atomic E-state index is -0.927. The lowest BCUT2D eigenvalue weighted by molar-refractivity contribution is -0.117. The van der Waals surface area contributed by atoms with Crippen LogP contribution in [0, 0.1) is 0 Å². The predicted octanol–water partition coefficient (Wildman–Crippen LogP) is 3.89. The van der Waals surface area contributed by atoms with Crippen LogP contribution in [0.2, 0.25) is 0 Å². The van der Waals surface area contributed by atoms with Gasteiger partial charge in [-0.05, 0) is 55.3 Å². The molecule has 5 nitrogen and oxygen atoms in total. The molecule has 0 aliphatic carbocycles. The Balaban J connectivity index is 1.59. The van der Waals surface area contributed by atoms with Gasteiger partial charge in [0, 0.05) is 23.4 Å². The van der Waals surface area contributed by atoms with Crippen LogP contribution in [0.4, 0.5) is 5.69 Å². The number of benzene rings is 1. The number of ether oxygens (including phenoxy) is 1. The monoisotopic (exact) mass is 333 g/mol. The maximum Gasteiger partial charge on any atom is 0.345 e. The van der Waals surface area contributed by atoms with Crippen LogP contribution in [0.5, 0.6) is 0 Å². The first kappa shape index (κ1) is 16.0. The van der Waals surface area contributed by atoms with E-state index in [4.69, 9.17) is 9.84 Å². The van der Waals surface area contributed by atoms with E-state index in [0.29, 0.717) is 17.0 Å². The first-order valence-electron chi connectivity index (χ1n) is 7.80. The smallest absolute Gasteiger partial charge is 0.345 e. The van der Waals surface area contributed by atoms with Crippen molar-refractivity contribution in [3.05, 3.63) is 29.1 Å². The fourth-order valence-electron chi connectivity index (χ4n) is 2.78. The number of nitrogens with one attached hydrogen (secondary N) is 1. The maximum absolute atomic E-state index is 12.0. The fraction of sp³-hybridized carbons (Fsp3) is 0.412. The molecular formula is C17H19NO4S. The SMILES string of the molecule is O=C(CCC1CCCCO1)Nc1ccc2sc(C(=O)O)cc2c1. The van der Waals surface area contributed by atoms with E-state index >= 15 is 0 Å². The molecule has 1 unspecified atom stereocenters. The Hall–Kier alpha value is -1.92.